The number of carbonyl (C=O) groups excluding carboxylic acids is 1. The number of fused-ring (bicyclic) bond motifs is 1. The van der Waals surface area contributed by atoms with Gasteiger partial charge in [0.2, 0.25) is 0 Å². The van der Waals surface area contributed by atoms with E-state index in [2.05, 4.69) is 15.6 Å². The number of hydrogen-bond donors (Lipinski definition) is 3. The third-order valence-electron chi connectivity index (χ3n) is 3.98. The van der Waals surface area contributed by atoms with Crippen LogP contribution in [0, 0.1) is 0 Å². The van der Waals surface area contributed by atoms with Crippen molar-refractivity contribution < 1.29 is 14.7 Å². The lowest BCUT2D eigenvalue weighted by atomic mass is 10.1. The molecule has 3 rings (SSSR count). The zero-order valence-corrected chi connectivity index (χ0v) is 13.2. The monoisotopic (exact) mass is 325 g/mol. The molecule has 0 saturated carbocycles. The SMILES string of the molecule is O=C(O)CCc1cccc(NC(=O)Nc2ccc3c(n2)CCC3)c1. The van der Waals surface area contributed by atoms with Gasteiger partial charge in [-0.05, 0) is 55.0 Å². The van der Waals surface area contributed by atoms with E-state index in [1.54, 1.807) is 18.2 Å². The number of amides is 2. The fraction of sp³-hybridized carbons (Fsp3) is 0.278. The highest BCUT2D eigenvalue weighted by molar-refractivity contribution is 5.99. The molecule has 0 aliphatic heterocycles. The smallest absolute Gasteiger partial charge is 0.324 e. The Bertz CT molecular complexity index is 774. The van der Waals surface area contributed by atoms with Gasteiger partial charge in [-0.3, -0.25) is 10.1 Å². The van der Waals surface area contributed by atoms with Crippen LogP contribution in [-0.2, 0) is 24.1 Å². The third kappa shape index (κ3) is 4.10. The first kappa shape index (κ1) is 16.0. The average Bonchev–Trinajstić information content (AvgIpc) is 3.01. The van der Waals surface area contributed by atoms with Crippen LogP contribution in [0.5, 0.6) is 0 Å². The minimum atomic E-state index is -0.839. The number of rotatable bonds is 5. The first-order chi connectivity index (χ1) is 11.6. The zero-order valence-electron chi connectivity index (χ0n) is 13.2. The Morgan fingerprint density at radius 1 is 1.12 bits per heavy atom. The van der Waals surface area contributed by atoms with Gasteiger partial charge >= 0.3 is 12.0 Å². The maximum atomic E-state index is 12.1. The fourth-order valence-corrected chi connectivity index (χ4v) is 2.82. The topological polar surface area (TPSA) is 91.3 Å². The summed E-state index contributed by atoms with van der Waals surface area (Å²) in [7, 11) is 0. The summed E-state index contributed by atoms with van der Waals surface area (Å²) in [5.41, 5.74) is 3.80. The Labute approximate surface area is 139 Å². The summed E-state index contributed by atoms with van der Waals surface area (Å²) in [5.74, 6) is -0.302. The Morgan fingerprint density at radius 3 is 2.83 bits per heavy atom. The number of aromatic nitrogens is 1. The number of urea groups is 1. The van der Waals surface area contributed by atoms with Gasteiger partial charge in [-0.2, -0.15) is 0 Å². The van der Waals surface area contributed by atoms with Gasteiger partial charge in [-0.15, -0.1) is 0 Å². The molecule has 2 amide bonds. The number of nitrogens with one attached hydrogen (secondary N) is 2. The van der Waals surface area contributed by atoms with Gasteiger partial charge in [-0.25, -0.2) is 9.78 Å². The number of hydrogen-bond acceptors (Lipinski definition) is 3. The lowest BCUT2D eigenvalue weighted by Crippen LogP contribution is -2.20. The number of pyridine rings is 1. The van der Waals surface area contributed by atoms with Crippen LogP contribution in [0.2, 0.25) is 0 Å². The molecule has 124 valence electrons. The predicted octanol–water partition coefficient (Wildman–Crippen LogP) is 3.23. The van der Waals surface area contributed by atoms with Crippen LogP contribution in [0.3, 0.4) is 0 Å². The molecule has 24 heavy (non-hydrogen) atoms. The fourth-order valence-electron chi connectivity index (χ4n) is 2.82. The van der Waals surface area contributed by atoms with Crippen molar-refractivity contribution in [2.45, 2.75) is 32.1 Å². The maximum absolute atomic E-state index is 12.1. The molecule has 6 heteroatoms. The minimum absolute atomic E-state index is 0.0642. The molecule has 6 nitrogen and oxygen atoms in total. The summed E-state index contributed by atoms with van der Waals surface area (Å²) < 4.78 is 0. The number of anilines is 2. The Kier molecular flexibility index (Phi) is 4.74. The molecule has 2 aromatic rings. The van der Waals surface area contributed by atoms with Crippen molar-refractivity contribution in [3.8, 4) is 0 Å². The molecular formula is C18H19N3O3. The number of aliphatic carboxylic acids is 1. The normalized spacial score (nSPS) is 12.5. The summed E-state index contributed by atoms with van der Waals surface area (Å²) in [4.78, 5) is 27.2. The Morgan fingerprint density at radius 2 is 2.00 bits per heavy atom. The molecule has 0 atom stereocenters. The quantitative estimate of drug-likeness (QED) is 0.787. The van der Waals surface area contributed by atoms with Gasteiger partial charge < -0.3 is 10.4 Å². The Balaban J connectivity index is 1.60. The van der Waals surface area contributed by atoms with E-state index < -0.39 is 5.97 Å². The summed E-state index contributed by atoms with van der Waals surface area (Å²) in [6.07, 6.45) is 3.62. The second-order valence-corrected chi connectivity index (χ2v) is 5.83. The molecule has 0 bridgehead atoms. The van der Waals surface area contributed by atoms with Crippen molar-refractivity contribution >= 4 is 23.5 Å². The van der Waals surface area contributed by atoms with E-state index in [1.807, 2.05) is 18.2 Å². The second kappa shape index (κ2) is 7.12. The molecule has 1 heterocycles. The van der Waals surface area contributed by atoms with Crippen molar-refractivity contribution in [1.82, 2.24) is 4.98 Å². The Hall–Kier alpha value is -2.89. The molecule has 0 unspecified atom stereocenters. The van der Waals surface area contributed by atoms with Crippen molar-refractivity contribution in [2.24, 2.45) is 0 Å². The summed E-state index contributed by atoms with van der Waals surface area (Å²) in [6.45, 7) is 0. The summed E-state index contributed by atoms with van der Waals surface area (Å²) in [6, 6.07) is 10.6. The van der Waals surface area contributed by atoms with E-state index in [0.717, 1.165) is 30.5 Å². The van der Waals surface area contributed by atoms with Crippen LogP contribution in [0.4, 0.5) is 16.3 Å². The van der Waals surface area contributed by atoms with E-state index >= 15 is 0 Å². The molecule has 1 aliphatic carbocycles. The highest BCUT2D eigenvalue weighted by Gasteiger charge is 2.13. The lowest BCUT2D eigenvalue weighted by molar-refractivity contribution is -0.136. The number of carboxylic acids is 1. The van der Waals surface area contributed by atoms with Crippen LogP contribution in [-0.4, -0.2) is 22.1 Å². The van der Waals surface area contributed by atoms with Gasteiger partial charge in [0.05, 0.1) is 0 Å². The minimum Gasteiger partial charge on any atom is -0.481 e. The van der Waals surface area contributed by atoms with Crippen LogP contribution >= 0.6 is 0 Å². The number of aryl methyl sites for hydroxylation is 3. The number of benzene rings is 1. The highest BCUT2D eigenvalue weighted by Crippen LogP contribution is 2.21. The number of nitrogens with zero attached hydrogens (tertiary/aromatic N) is 1. The van der Waals surface area contributed by atoms with E-state index in [4.69, 9.17) is 5.11 Å². The van der Waals surface area contributed by atoms with Crippen molar-refractivity contribution in [3.05, 3.63) is 53.2 Å². The average molecular weight is 325 g/mol. The number of carbonyl (C=O) groups is 2. The predicted molar refractivity (Wildman–Crippen MR) is 91.3 cm³/mol. The van der Waals surface area contributed by atoms with E-state index in [9.17, 15) is 9.59 Å². The van der Waals surface area contributed by atoms with E-state index in [-0.39, 0.29) is 12.5 Å². The molecule has 0 spiro atoms. The second-order valence-electron chi connectivity index (χ2n) is 5.83. The summed E-state index contributed by atoms with van der Waals surface area (Å²) >= 11 is 0. The standard InChI is InChI=1S/C18H19N3O3/c22-17(23)10-7-12-3-1-5-14(11-12)19-18(24)21-16-9-8-13-4-2-6-15(13)20-16/h1,3,5,8-9,11H,2,4,6-7,10H2,(H,22,23)(H2,19,20,21,24). The van der Waals surface area contributed by atoms with Crippen molar-refractivity contribution in [1.29, 1.82) is 0 Å². The van der Waals surface area contributed by atoms with Crippen molar-refractivity contribution in [2.75, 3.05) is 10.6 Å². The molecule has 0 radical (unpaired) electrons. The first-order valence-corrected chi connectivity index (χ1v) is 7.98. The molecule has 0 fully saturated rings. The maximum Gasteiger partial charge on any atom is 0.324 e. The van der Waals surface area contributed by atoms with Gasteiger partial charge in [0.1, 0.15) is 5.82 Å². The molecule has 1 aromatic carbocycles. The zero-order chi connectivity index (χ0) is 16.9. The van der Waals surface area contributed by atoms with Crippen LogP contribution < -0.4 is 10.6 Å². The molecule has 1 aromatic heterocycles. The highest BCUT2D eigenvalue weighted by atomic mass is 16.4. The molecule has 3 N–H and O–H groups in total. The third-order valence-corrected chi connectivity index (χ3v) is 3.98. The van der Waals surface area contributed by atoms with Gasteiger partial charge in [0.15, 0.2) is 0 Å². The molecule has 0 saturated heterocycles. The van der Waals surface area contributed by atoms with Crippen LogP contribution in [0.1, 0.15) is 29.7 Å². The van der Waals surface area contributed by atoms with Crippen LogP contribution in [0.15, 0.2) is 36.4 Å². The summed E-state index contributed by atoms with van der Waals surface area (Å²) in [5, 5.41) is 14.2. The molecular weight excluding hydrogens is 306 g/mol. The van der Waals surface area contributed by atoms with E-state index in [1.165, 1.54) is 5.56 Å². The molecule has 1 aliphatic rings. The van der Waals surface area contributed by atoms with Crippen molar-refractivity contribution in [3.63, 3.8) is 0 Å². The van der Waals surface area contributed by atoms with Gasteiger partial charge in [-0.1, -0.05) is 18.2 Å². The first-order valence-electron chi connectivity index (χ1n) is 7.98. The van der Waals surface area contributed by atoms with Gasteiger partial charge in [0.25, 0.3) is 0 Å². The largest absolute Gasteiger partial charge is 0.481 e. The van der Waals surface area contributed by atoms with Gasteiger partial charge in [0, 0.05) is 17.8 Å². The lowest BCUT2D eigenvalue weighted by Gasteiger charge is -2.09. The van der Waals surface area contributed by atoms with Crippen LogP contribution in [0.25, 0.3) is 0 Å². The van der Waals surface area contributed by atoms with E-state index in [0.29, 0.717) is 17.9 Å². The number of carboxylic acid groups (broad SMARTS) is 1.